The second-order valence-corrected chi connectivity index (χ2v) is 15.0. The minimum absolute atomic E-state index is 0. The average Bonchev–Trinajstić information content (AvgIpc) is 3.64. The molecule has 0 fully saturated rings. The van der Waals surface area contributed by atoms with Crippen molar-refractivity contribution in [1.82, 2.24) is 0 Å². The Morgan fingerprint density at radius 1 is 0.595 bits per heavy atom. The van der Waals surface area contributed by atoms with Crippen LogP contribution in [0, 0.1) is 10.8 Å². The fourth-order valence-corrected chi connectivity index (χ4v) is 10.9. The molecule has 2 aromatic rings. The zero-order chi connectivity index (χ0) is 24.2. The van der Waals surface area contributed by atoms with Crippen LogP contribution in [0.1, 0.15) is 62.8 Å². The van der Waals surface area contributed by atoms with Gasteiger partial charge in [0.05, 0.1) is 0 Å². The van der Waals surface area contributed by atoms with Crippen molar-refractivity contribution in [3.8, 4) is 0 Å². The zero-order valence-corrected chi connectivity index (χ0v) is 26.1. The number of halogens is 2. The van der Waals surface area contributed by atoms with Gasteiger partial charge in [-0.1, -0.05) is 0 Å². The van der Waals surface area contributed by atoms with Gasteiger partial charge < -0.3 is 24.8 Å². The summed E-state index contributed by atoms with van der Waals surface area (Å²) in [5.41, 5.74) is 12.4. The molecule has 37 heavy (non-hydrogen) atoms. The van der Waals surface area contributed by atoms with Crippen LogP contribution in [-0.4, -0.2) is 0 Å². The smallest absolute Gasteiger partial charge is 1.00 e. The second kappa shape index (κ2) is 10.8. The van der Waals surface area contributed by atoms with Gasteiger partial charge in [-0.15, -0.1) is 0 Å². The first kappa shape index (κ1) is 28.4. The third-order valence-electron chi connectivity index (χ3n) is 8.65. The first-order chi connectivity index (χ1) is 16.8. The SMILES string of the molecule is CC(C)(C1=Cc2ccccc2C1)C1=[C]([Zr+2][C]2=C(C(C)(C)C3=Cc4ccccc4C3)C=CC2)CC=C1.[Cl-].[Cl-]. The van der Waals surface area contributed by atoms with Crippen molar-refractivity contribution in [2.75, 3.05) is 0 Å². The molecular formula is C34H34Cl2Zr. The first-order valence-corrected chi connectivity index (χ1v) is 15.4. The number of benzene rings is 2. The molecule has 0 amide bonds. The summed E-state index contributed by atoms with van der Waals surface area (Å²) in [5.74, 6) is 0. The molecule has 4 aliphatic carbocycles. The molecule has 0 saturated heterocycles. The van der Waals surface area contributed by atoms with E-state index in [4.69, 9.17) is 0 Å². The molecule has 0 spiro atoms. The van der Waals surface area contributed by atoms with Crippen molar-refractivity contribution in [3.63, 3.8) is 0 Å². The molecule has 0 heterocycles. The van der Waals surface area contributed by atoms with Crippen LogP contribution in [0.3, 0.4) is 0 Å². The van der Waals surface area contributed by atoms with Crippen molar-refractivity contribution in [3.05, 3.63) is 124 Å². The van der Waals surface area contributed by atoms with Crippen LogP contribution < -0.4 is 24.8 Å². The first-order valence-electron chi connectivity index (χ1n) is 13.0. The number of hydrogen-bond acceptors (Lipinski definition) is 0. The largest absolute Gasteiger partial charge is 1.00 e. The van der Waals surface area contributed by atoms with E-state index in [0.29, 0.717) is 0 Å². The Bertz CT molecular complexity index is 1300. The molecule has 0 bridgehead atoms. The quantitative estimate of drug-likeness (QED) is 0.476. The van der Waals surface area contributed by atoms with Crippen molar-refractivity contribution in [2.24, 2.45) is 10.8 Å². The maximum Gasteiger partial charge on any atom is -1.00 e. The Morgan fingerprint density at radius 2 is 1.00 bits per heavy atom. The Morgan fingerprint density at radius 3 is 1.41 bits per heavy atom. The van der Waals surface area contributed by atoms with Gasteiger partial charge in [-0.05, 0) is 0 Å². The van der Waals surface area contributed by atoms with Crippen LogP contribution in [0.4, 0.5) is 0 Å². The van der Waals surface area contributed by atoms with Gasteiger partial charge in [-0.2, -0.15) is 0 Å². The molecule has 2 aromatic carbocycles. The standard InChI is InChI=1S/2C17H17.2ClH.Zr/c2*1-17(2,15-9-5-6-10-15)16-11-13-7-3-4-8-14(13)12-16;;;/h2*3-5,7-9,11H,6,12H2,1-2H3;2*1H;/q;;;;+2/p-2. The monoisotopic (exact) mass is 602 g/mol. The molecule has 4 aliphatic rings. The molecule has 0 unspecified atom stereocenters. The normalized spacial score (nSPS) is 17.7. The van der Waals surface area contributed by atoms with E-state index in [9.17, 15) is 0 Å². The molecule has 0 saturated carbocycles. The van der Waals surface area contributed by atoms with Gasteiger partial charge in [0.2, 0.25) is 0 Å². The van der Waals surface area contributed by atoms with E-state index in [1.807, 2.05) is 0 Å². The molecule has 3 heteroatoms. The van der Waals surface area contributed by atoms with Gasteiger partial charge >= 0.3 is 224 Å². The summed E-state index contributed by atoms with van der Waals surface area (Å²) < 4.78 is 3.57. The van der Waals surface area contributed by atoms with E-state index in [2.05, 4.69) is 113 Å². The minimum Gasteiger partial charge on any atom is -1.00 e. The van der Waals surface area contributed by atoms with Crippen LogP contribution in [0.25, 0.3) is 12.2 Å². The third-order valence-corrected chi connectivity index (χ3v) is 12.5. The molecule has 0 nitrogen and oxygen atoms in total. The number of allylic oxidation sites excluding steroid dienone is 10. The van der Waals surface area contributed by atoms with Crippen LogP contribution in [0.2, 0.25) is 0 Å². The molecule has 6 rings (SSSR count). The van der Waals surface area contributed by atoms with Crippen LogP contribution in [0.5, 0.6) is 0 Å². The van der Waals surface area contributed by atoms with E-state index in [0.717, 1.165) is 25.7 Å². The van der Waals surface area contributed by atoms with Gasteiger partial charge in [0.1, 0.15) is 0 Å². The van der Waals surface area contributed by atoms with E-state index in [1.54, 1.807) is 28.9 Å². The number of rotatable bonds is 6. The van der Waals surface area contributed by atoms with E-state index in [1.165, 1.54) is 22.3 Å². The maximum atomic E-state index is 2.46. The van der Waals surface area contributed by atoms with Crippen molar-refractivity contribution >= 4 is 12.2 Å². The van der Waals surface area contributed by atoms with E-state index >= 15 is 0 Å². The third kappa shape index (κ3) is 5.05. The summed E-state index contributed by atoms with van der Waals surface area (Å²) >= 11 is -0.852. The minimum atomic E-state index is -0.852. The Balaban J connectivity index is 0.00000160. The molecule has 0 aromatic heterocycles. The molecule has 0 atom stereocenters. The fourth-order valence-electron chi connectivity index (χ4n) is 6.31. The summed E-state index contributed by atoms with van der Waals surface area (Å²) in [6, 6.07) is 17.8. The van der Waals surface area contributed by atoms with E-state index in [-0.39, 0.29) is 35.6 Å². The molecule has 0 radical (unpaired) electrons. The van der Waals surface area contributed by atoms with Crippen LogP contribution in [-0.2, 0) is 36.1 Å². The fraction of sp³-hybridized carbons (Fsp3) is 0.294. The van der Waals surface area contributed by atoms with Gasteiger partial charge in [0.15, 0.2) is 0 Å². The van der Waals surface area contributed by atoms with Crippen molar-refractivity contribution in [1.29, 1.82) is 0 Å². The number of hydrogen-bond donors (Lipinski definition) is 0. The van der Waals surface area contributed by atoms with Crippen molar-refractivity contribution < 1.29 is 48.0 Å². The van der Waals surface area contributed by atoms with Crippen LogP contribution >= 0.6 is 0 Å². The molecule has 0 N–H and O–H groups in total. The molecule has 188 valence electrons. The Hall–Kier alpha value is -1.66. The maximum absolute atomic E-state index is 2.46. The topological polar surface area (TPSA) is 0 Å². The summed E-state index contributed by atoms with van der Waals surface area (Å²) in [5, 5.41) is 0. The van der Waals surface area contributed by atoms with Gasteiger partial charge in [0, 0.05) is 0 Å². The van der Waals surface area contributed by atoms with Crippen molar-refractivity contribution in [2.45, 2.75) is 53.4 Å². The average molecular weight is 605 g/mol. The van der Waals surface area contributed by atoms with Crippen LogP contribution in [0.15, 0.2) is 102 Å². The summed E-state index contributed by atoms with van der Waals surface area (Å²) in [6.45, 7) is 9.84. The predicted molar refractivity (Wildman–Crippen MR) is 145 cm³/mol. The van der Waals surface area contributed by atoms with Gasteiger partial charge in [0.25, 0.3) is 0 Å². The van der Waals surface area contributed by atoms with Gasteiger partial charge in [-0.3, -0.25) is 0 Å². The van der Waals surface area contributed by atoms with Gasteiger partial charge in [-0.25, -0.2) is 0 Å². The predicted octanol–water partition coefficient (Wildman–Crippen LogP) is 2.84. The van der Waals surface area contributed by atoms with E-state index < -0.39 is 23.2 Å². The summed E-state index contributed by atoms with van der Waals surface area (Å²) in [7, 11) is 0. The second-order valence-electron chi connectivity index (χ2n) is 11.5. The Kier molecular flexibility index (Phi) is 8.31. The summed E-state index contributed by atoms with van der Waals surface area (Å²) in [4.78, 5) is 0. The zero-order valence-electron chi connectivity index (χ0n) is 22.2. The number of fused-ring (bicyclic) bond motifs is 2. The molecular weight excluding hydrogens is 571 g/mol. The Labute approximate surface area is 246 Å². The molecule has 0 aliphatic heterocycles. The summed E-state index contributed by atoms with van der Waals surface area (Å²) in [6.07, 6.45) is 19.2.